The Hall–Kier alpha value is -2.13. The largest absolute Gasteiger partial charge is 0.345 e. The van der Waals surface area contributed by atoms with E-state index in [-0.39, 0.29) is 11.9 Å². The molecule has 0 aliphatic heterocycles. The van der Waals surface area contributed by atoms with Crippen LogP contribution in [0.5, 0.6) is 0 Å². The first kappa shape index (κ1) is 13.8. The predicted molar refractivity (Wildman–Crippen MR) is 83.9 cm³/mol. The maximum absolute atomic E-state index is 12.4. The average Bonchev–Trinajstić information content (AvgIpc) is 2.55. The third kappa shape index (κ3) is 2.98. The lowest BCUT2D eigenvalue weighted by molar-refractivity contribution is 0.0932. The monoisotopic (exact) mass is 280 g/mol. The van der Waals surface area contributed by atoms with Gasteiger partial charge in [0.1, 0.15) is 0 Å². The Morgan fingerprint density at radius 1 is 1.14 bits per heavy atom. The molecule has 2 aromatic rings. The third-order valence-electron chi connectivity index (χ3n) is 4.13. The molecule has 3 rings (SSSR count). The maximum Gasteiger partial charge on any atom is 0.251 e. The summed E-state index contributed by atoms with van der Waals surface area (Å²) in [5.74, 6) is -0.0136. The van der Waals surface area contributed by atoms with Crippen molar-refractivity contribution in [1.82, 2.24) is 5.32 Å². The van der Waals surface area contributed by atoms with Gasteiger partial charge in [-0.25, -0.2) is 0 Å². The van der Waals surface area contributed by atoms with Crippen LogP contribution in [0.25, 0.3) is 0 Å². The van der Waals surface area contributed by atoms with Crippen molar-refractivity contribution < 1.29 is 4.79 Å². The van der Waals surface area contributed by atoms with Gasteiger partial charge in [0.25, 0.3) is 5.91 Å². The Morgan fingerprint density at radius 2 is 1.90 bits per heavy atom. The summed E-state index contributed by atoms with van der Waals surface area (Å²) in [7, 11) is 0. The molecule has 1 aliphatic rings. The molecule has 1 unspecified atom stereocenters. The van der Waals surface area contributed by atoms with E-state index in [2.05, 4.69) is 23.5 Å². The van der Waals surface area contributed by atoms with Gasteiger partial charge in [0.2, 0.25) is 0 Å². The fourth-order valence-corrected chi connectivity index (χ4v) is 2.94. The third-order valence-corrected chi connectivity index (χ3v) is 4.13. The smallest absolute Gasteiger partial charge is 0.251 e. The van der Waals surface area contributed by atoms with Gasteiger partial charge in [-0.05, 0) is 48.1 Å². The molecule has 2 aromatic carbocycles. The summed E-state index contributed by atoms with van der Waals surface area (Å²) in [6.45, 7) is 0.498. The van der Waals surface area contributed by atoms with E-state index < -0.39 is 0 Å². The maximum atomic E-state index is 12.4. The summed E-state index contributed by atoms with van der Waals surface area (Å²) in [4.78, 5) is 12.4. The first-order valence-electron chi connectivity index (χ1n) is 7.45. The summed E-state index contributed by atoms with van der Waals surface area (Å²) in [5, 5.41) is 3.16. The standard InChI is InChI=1S/C18H20N2O/c19-12-13-8-10-15(11-9-13)18(21)20-17-7-3-5-14-4-1-2-6-16(14)17/h1-2,4,6,8-11,17H,3,5,7,12,19H2,(H,20,21). The molecule has 0 saturated carbocycles. The van der Waals surface area contributed by atoms with Crippen LogP contribution >= 0.6 is 0 Å². The quantitative estimate of drug-likeness (QED) is 0.908. The molecule has 0 spiro atoms. The van der Waals surface area contributed by atoms with Gasteiger partial charge < -0.3 is 11.1 Å². The molecule has 21 heavy (non-hydrogen) atoms. The fraction of sp³-hybridized carbons (Fsp3) is 0.278. The van der Waals surface area contributed by atoms with E-state index in [0.29, 0.717) is 12.1 Å². The Morgan fingerprint density at radius 3 is 2.67 bits per heavy atom. The van der Waals surface area contributed by atoms with Gasteiger partial charge in [0, 0.05) is 12.1 Å². The number of carbonyl (C=O) groups is 1. The molecule has 1 atom stereocenters. The normalized spacial score (nSPS) is 17.1. The van der Waals surface area contributed by atoms with E-state index in [4.69, 9.17) is 5.73 Å². The van der Waals surface area contributed by atoms with Crippen LogP contribution in [0.2, 0.25) is 0 Å². The second kappa shape index (κ2) is 6.10. The molecular formula is C18H20N2O. The van der Waals surface area contributed by atoms with Crippen molar-refractivity contribution in [2.75, 3.05) is 0 Å². The minimum Gasteiger partial charge on any atom is -0.345 e. The Labute approximate surface area is 125 Å². The molecule has 0 radical (unpaired) electrons. The van der Waals surface area contributed by atoms with Gasteiger partial charge in [0.05, 0.1) is 6.04 Å². The molecule has 108 valence electrons. The number of fused-ring (bicyclic) bond motifs is 1. The van der Waals surface area contributed by atoms with Crippen LogP contribution in [-0.2, 0) is 13.0 Å². The number of hydrogen-bond donors (Lipinski definition) is 2. The lowest BCUT2D eigenvalue weighted by atomic mass is 9.87. The van der Waals surface area contributed by atoms with Gasteiger partial charge in [-0.1, -0.05) is 36.4 Å². The van der Waals surface area contributed by atoms with E-state index >= 15 is 0 Å². The molecule has 3 nitrogen and oxygen atoms in total. The molecule has 1 aliphatic carbocycles. The number of nitrogens with two attached hydrogens (primary N) is 1. The molecule has 0 saturated heterocycles. The highest BCUT2D eigenvalue weighted by Gasteiger charge is 2.21. The molecule has 3 heteroatoms. The highest BCUT2D eigenvalue weighted by Crippen LogP contribution is 2.29. The van der Waals surface area contributed by atoms with E-state index in [1.54, 1.807) is 0 Å². The second-order valence-corrected chi connectivity index (χ2v) is 5.52. The van der Waals surface area contributed by atoms with Gasteiger partial charge in [-0.3, -0.25) is 4.79 Å². The van der Waals surface area contributed by atoms with Gasteiger partial charge >= 0.3 is 0 Å². The van der Waals surface area contributed by atoms with Crippen molar-refractivity contribution in [2.45, 2.75) is 31.8 Å². The van der Waals surface area contributed by atoms with Crippen molar-refractivity contribution in [3.8, 4) is 0 Å². The van der Waals surface area contributed by atoms with E-state index in [1.807, 2.05) is 30.3 Å². The number of amides is 1. The summed E-state index contributed by atoms with van der Waals surface area (Å²) < 4.78 is 0. The zero-order valence-corrected chi connectivity index (χ0v) is 12.0. The molecule has 0 fully saturated rings. The zero-order valence-electron chi connectivity index (χ0n) is 12.0. The molecule has 0 heterocycles. The minimum atomic E-state index is -0.0136. The highest BCUT2D eigenvalue weighted by molar-refractivity contribution is 5.94. The number of aryl methyl sites for hydroxylation is 1. The predicted octanol–water partition coefficient (Wildman–Crippen LogP) is 2.95. The van der Waals surface area contributed by atoms with Gasteiger partial charge in [-0.15, -0.1) is 0 Å². The van der Waals surface area contributed by atoms with Gasteiger partial charge in [0.15, 0.2) is 0 Å². The summed E-state index contributed by atoms with van der Waals surface area (Å²) in [6.07, 6.45) is 3.23. The Bertz CT molecular complexity index is 634. The van der Waals surface area contributed by atoms with Gasteiger partial charge in [-0.2, -0.15) is 0 Å². The average molecular weight is 280 g/mol. The van der Waals surface area contributed by atoms with Crippen LogP contribution < -0.4 is 11.1 Å². The van der Waals surface area contributed by atoms with Crippen LogP contribution in [0.15, 0.2) is 48.5 Å². The fourth-order valence-electron chi connectivity index (χ4n) is 2.94. The van der Waals surface area contributed by atoms with Crippen LogP contribution in [0.4, 0.5) is 0 Å². The molecule has 3 N–H and O–H groups in total. The summed E-state index contributed by atoms with van der Waals surface area (Å²) >= 11 is 0. The van der Waals surface area contributed by atoms with Crippen molar-refractivity contribution in [2.24, 2.45) is 5.73 Å². The van der Waals surface area contributed by atoms with E-state index in [1.165, 1.54) is 11.1 Å². The number of hydrogen-bond acceptors (Lipinski definition) is 2. The zero-order chi connectivity index (χ0) is 14.7. The van der Waals surface area contributed by atoms with Crippen molar-refractivity contribution >= 4 is 5.91 Å². The first-order valence-corrected chi connectivity index (χ1v) is 7.45. The Balaban J connectivity index is 1.76. The second-order valence-electron chi connectivity index (χ2n) is 5.52. The SMILES string of the molecule is NCc1ccc(C(=O)NC2CCCc3ccccc32)cc1. The first-order chi connectivity index (χ1) is 10.3. The van der Waals surface area contributed by atoms with Crippen molar-refractivity contribution in [3.05, 3.63) is 70.8 Å². The highest BCUT2D eigenvalue weighted by atomic mass is 16.1. The van der Waals surface area contributed by atoms with Crippen molar-refractivity contribution in [3.63, 3.8) is 0 Å². The summed E-state index contributed by atoms with van der Waals surface area (Å²) in [6, 6.07) is 16.0. The molecular weight excluding hydrogens is 260 g/mol. The van der Waals surface area contributed by atoms with Crippen LogP contribution in [-0.4, -0.2) is 5.91 Å². The number of benzene rings is 2. The molecule has 1 amide bonds. The van der Waals surface area contributed by atoms with Crippen molar-refractivity contribution in [1.29, 1.82) is 0 Å². The number of nitrogens with one attached hydrogen (secondary N) is 1. The lowest BCUT2D eigenvalue weighted by Gasteiger charge is -2.26. The van der Waals surface area contributed by atoms with Crippen LogP contribution in [0, 0.1) is 0 Å². The van der Waals surface area contributed by atoms with E-state index in [0.717, 1.165) is 24.8 Å². The number of rotatable bonds is 3. The van der Waals surface area contributed by atoms with E-state index in [9.17, 15) is 4.79 Å². The topological polar surface area (TPSA) is 55.1 Å². The lowest BCUT2D eigenvalue weighted by Crippen LogP contribution is -2.30. The number of carbonyl (C=O) groups excluding carboxylic acids is 1. The van der Waals surface area contributed by atoms with Crippen LogP contribution in [0.3, 0.4) is 0 Å². The Kier molecular flexibility index (Phi) is 4.02. The molecule has 0 bridgehead atoms. The van der Waals surface area contributed by atoms with Crippen LogP contribution in [0.1, 0.15) is 45.9 Å². The summed E-state index contributed by atoms with van der Waals surface area (Å²) in [5.41, 5.74) is 9.92. The minimum absolute atomic E-state index is 0.0136. The molecule has 0 aromatic heterocycles.